The molecule has 0 spiro atoms. The summed E-state index contributed by atoms with van der Waals surface area (Å²) in [7, 11) is 0. The van der Waals surface area contributed by atoms with Gasteiger partial charge in [0.15, 0.2) is 0 Å². The van der Waals surface area contributed by atoms with E-state index in [1.54, 1.807) is 0 Å². The van der Waals surface area contributed by atoms with E-state index < -0.39 is 0 Å². The van der Waals surface area contributed by atoms with Crippen molar-refractivity contribution in [3.05, 3.63) is 0 Å². The summed E-state index contributed by atoms with van der Waals surface area (Å²) in [4.78, 5) is 0. The average molecular weight is 239 g/mol. The Hall–Kier alpha value is -0.0800. The van der Waals surface area contributed by atoms with Crippen molar-refractivity contribution in [1.82, 2.24) is 5.32 Å². The molecule has 2 fully saturated rings. The molecule has 2 aliphatic rings. The second kappa shape index (κ2) is 5.27. The minimum atomic E-state index is 0.228. The highest BCUT2D eigenvalue weighted by Crippen LogP contribution is 2.39. The van der Waals surface area contributed by atoms with Crippen molar-refractivity contribution >= 4 is 0 Å². The predicted octanol–water partition coefficient (Wildman–Crippen LogP) is 3.36. The van der Waals surface area contributed by atoms with Gasteiger partial charge in [-0.3, -0.25) is 0 Å². The molecule has 0 atom stereocenters. The van der Waals surface area contributed by atoms with Gasteiger partial charge < -0.3 is 10.1 Å². The van der Waals surface area contributed by atoms with Crippen LogP contribution < -0.4 is 5.32 Å². The van der Waals surface area contributed by atoms with Gasteiger partial charge in [-0.05, 0) is 52.4 Å². The third-order valence-electron chi connectivity index (χ3n) is 4.12. The second-order valence-corrected chi connectivity index (χ2v) is 7.27. The van der Waals surface area contributed by atoms with E-state index in [0.717, 1.165) is 25.7 Å². The van der Waals surface area contributed by atoms with Gasteiger partial charge in [-0.2, -0.15) is 0 Å². The fourth-order valence-corrected chi connectivity index (χ4v) is 2.68. The molecule has 0 saturated heterocycles. The van der Waals surface area contributed by atoms with Gasteiger partial charge in [0.25, 0.3) is 0 Å². The Labute approximate surface area is 107 Å². The lowest BCUT2D eigenvalue weighted by Crippen LogP contribution is -2.44. The fourth-order valence-electron chi connectivity index (χ4n) is 2.68. The third kappa shape index (κ3) is 4.59. The largest absolute Gasteiger partial charge is 0.381 e. The molecule has 2 saturated carbocycles. The Morgan fingerprint density at radius 1 is 1.18 bits per heavy atom. The number of ether oxygens (including phenoxy) is 1. The quantitative estimate of drug-likeness (QED) is 0.767. The molecule has 0 aromatic rings. The molecule has 0 heterocycles. The predicted molar refractivity (Wildman–Crippen MR) is 72.2 cm³/mol. The van der Waals surface area contributed by atoms with E-state index in [1.807, 2.05) is 0 Å². The van der Waals surface area contributed by atoms with Crippen molar-refractivity contribution in [2.45, 2.75) is 64.8 Å². The Morgan fingerprint density at radius 3 is 2.35 bits per heavy atom. The van der Waals surface area contributed by atoms with Crippen molar-refractivity contribution in [2.24, 2.45) is 11.3 Å². The molecule has 0 radical (unpaired) electrons. The molecule has 100 valence electrons. The van der Waals surface area contributed by atoms with E-state index in [9.17, 15) is 0 Å². The highest BCUT2D eigenvalue weighted by atomic mass is 16.5. The third-order valence-corrected chi connectivity index (χ3v) is 4.12. The van der Waals surface area contributed by atoms with Crippen LogP contribution in [-0.4, -0.2) is 25.3 Å². The van der Waals surface area contributed by atoms with Gasteiger partial charge in [0.2, 0.25) is 0 Å². The molecular formula is C15H29NO. The summed E-state index contributed by atoms with van der Waals surface area (Å²) >= 11 is 0. The molecule has 1 N–H and O–H groups in total. The van der Waals surface area contributed by atoms with Gasteiger partial charge in [0, 0.05) is 24.1 Å². The van der Waals surface area contributed by atoms with E-state index in [0.29, 0.717) is 5.41 Å². The van der Waals surface area contributed by atoms with Crippen LogP contribution in [-0.2, 0) is 4.74 Å². The van der Waals surface area contributed by atoms with Gasteiger partial charge >= 0.3 is 0 Å². The number of nitrogens with one attached hydrogen (secondary N) is 1. The van der Waals surface area contributed by atoms with Crippen LogP contribution in [0, 0.1) is 11.3 Å². The first-order valence-electron chi connectivity index (χ1n) is 7.32. The molecule has 0 aromatic heterocycles. The summed E-state index contributed by atoms with van der Waals surface area (Å²) in [6, 6.07) is 0. The normalized spacial score (nSPS) is 24.2. The van der Waals surface area contributed by atoms with E-state index in [2.05, 4.69) is 26.1 Å². The van der Waals surface area contributed by atoms with E-state index in [1.165, 1.54) is 38.5 Å². The maximum atomic E-state index is 5.97. The SMILES string of the molecule is CC(C)(C)NCC1(COCC2CC2)CCCC1. The maximum absolute atomic E-state index is 5.97. The van der Waals surface area contributed by atoms with Crippen molar-refractivity contribution in [1.29, 1.82) is 0 Å². The van der Waals surface area contributed by atoms with Crippen LogP contribution in [0.2, 0.25) is 0 Å². The van der Waals surface area contributed by atoms with Crippen LogP contribution >= 0.6 is 0 Å². The topological polar surface area (TPSA) is 21.3 Å². The summed E-state index contributed by atoms with van der Waals surface area (Å²) in [6.45, 7) is 9.87. The zero-order valence-corrected chi connectivity index (χ0v) is 11.8. The minimum absolute atomic E-state index is 0.228. The lowest BCUT2D eigenvalue weighted by Gasteiger charge is -2.33. The second-order valence-electron chi connectivity index (χ2n) is 7.27. The first-order chi connectivity index (χ1) is 7.99. The van der Waals surface area contributed by atoms with Crippen LogP contribution in [0.5, 0.6) is 0 Å². The first-order valence-corrected chi connectivity index (χ1v) is 7.32. The number of hydrogen-bond donors (Lipinski definition) is 1. The van der Waals surface area contributed by atoms with Crippen LogP contribution in [0.1, 0.15) is 59.3 Å². The van der Waals surface area contributed by atoms with Gasteiger partial charge in [0.1, 0.15) is 0 Å². The summed E-state index contributed by atoms with van der Waals surface area (Å²) in [5, 5.41) is 3.68. The summed E-state index contributed by atoms with van der Waals surface area (Å²) < 4.78 is 5.97. The lowest BCUT2D eigenvalue weighted by atomic mass is 9.86. The van der Waals surface area contributed by atoms with Crippen LogP contribution in [0.15, 0.2) is 0 Å². The fraction of sp³-hybridized carbons (Fsp3) is 1.00. The van der Waals surface area contributed by atoms with Crippen LogP contribution in [0.25, 0.3) is 0 Å². The molecule has 2 nitrogen and oxygen atoms in total. The first kappa shape index (κ1) is 13.4. The summed E-state index contributed by atoms with van der Waals surface area (Å²) in [6.07, 6.45) is 8.26. The molecule has 17 heavy (non-hydrogen) atoms. The van der Waals surface area contributed by atoms with E-state index >= 15 is 0 Å². The summed E-state index contributed by atoms with van der Waals surface area (Å²) in [5.74, 6) is 0.893. The highest BCUT2D eigenvalue weighted by molar-refractivity contribution is 4.89. The molecule has 2 heteroatoms. The molecule has 0 unspecified atom stereocenters. The lowest BCUT2D eigenvalue weighted by molar-refractivity contribution is 0.0372. The highest BCUT2D eigenvalue weighted by Gasteiger charge is 2.35. The Kier molecular flexibility index (Phi) is 4.14. The molecule has 2 rings (SSSR count). The van der Waals surface area contributed by atoms with Crippen molar-refractivity contribution < 1.29 is 4.74 Å². The number of rotatable bonds is 6. The van der Waals surface area contributed by atoms with Gasteiger partial charge in [-0.25, -0.2) is 0 Å². The van der Waals surface area contributed by atoms with Crippen LogP contribution in [0.3, 0.4) is 0 Å². The molecular weight excluding hydrogens is 210 g/mol. The van der Waals surface area contributed by atoms with Gasteiger partial charge in [0.05, 0.1) is 6.61 Å². The van der Waals surface area contributed by atoms with Crippen LogP contribution in [0.4, 0.5) is 0 Å². The van der Waals surface area contributed by atoms with E-state index in [4.69, 9.17) is 4.74 Å². The minimum Gasteiger partial charge on any atom is -0.381 e. The zero-order chi connectivity index (χ0) is 12.4. The molecule has 0 aliphatic heterocycles. The van der Waals surface area contributed by atoms with Gasteiger partial charge in [-0.1, -0.05) is 12.8 Å². The maximum Gasteiger partial charge on any atom is 0.0534 e. The zero-order valence-electron chi connectivity index (χ0n) is 11.8. The standard InChI is InChI=1S/C15H29NO/c1-14(2,3)16-11-15(8-4-5-9-15)12-17-10-13-6-7-13/h13,16H,4-12H2,1-3H3. The average Bonchev–Trinajstić information content (AvgIpc) is 2.93. The Bertz CT molecular complexity index is 234. The van der Waals surface area contributed by atoms with Crippen molar-refractivity contribution in [2.75, 3.05) is 19.8 Å². The molecule has 0 aromatic carbocycles. The molecule has 2 aliphatic carbocycles. The Morgan fingerprint density at radius 2 is 1.82 bits per heavy atom. The van der Waals surface area contributed by atoms with Crippen molar-refractivity contribution in [3.63, 3.8) is 0 Å². The summed E-state index contributed by atoms with van der Waals surface area (Å²) in [5.41, 5.74) is 0.661. The van der Waals surface area contributed by atoms with Crippen molar-refractivity contribution in [3.8, 4) is 0 Å². The molecule has 0 amide bonds. The van der Waals surface area contributed by atoms with Gasteiger partial charge in [-0.15, -0.1) is 0 Å². The monoisotopic (exact) mass is 239 g/mol. The Balaban J connectivity index is 1.76. The molecule has 0 bridgehead atoms. The smallest absolute Gasteiger partial charge is 0.0534 e. The number of hydrogen-bond acceptors (Lipinski definition) is 2. The van der Waals surface area contributed by atoms with E-state index in [-0.39, 0.29) is 5.54 Å².